The van der Waals surface area contributed by atoms with Gasteiger partial charge in [0, 0.05) is 19.0 Å². The SMILES string of the molecule is COC(=O)N[C@H](C(=O)N1CCC2(CCCC2)CC1C(=O)N[C@@H](CCC(C)(F)F)C(=O)C(=O)NC1CC1)C(C)(C)C. The summed E-state index contributed by atoms with van der Waals surface area (Å²) in [6, 6.07) is -3.58. The lowest BCUT2D eigenvalue weighted by Gasteiger charge is -2.46. The maximum atomic E-state index is 13.9. The molecule has 0 aromatic heterocycles. The van der Waals surface area contributed by atoms with Crippen molar-refractivity contribution in [3.63, 3.8) is 0 Å². The number of amides is 4. The third-order valence-electron chi connectivity index (χ3n) is 8.34. The minimum Gasteiger partial charge on any atom is -0.453 e. The number of alkyl halides is 2. The lowest BCUT2D eigenvalue weighted by atomic mass is 9.73. The summed E-state index contributed by atoms with van der Waals surface area (Å²) in [5, 5.41) is 7.71. The zero-order valence-electron chi connectivity index (χ0n) is 24.2. The molecule has 2 saturated carbocycles. The molecule has 40 heavy (non-hydrogen) atoms. The number of hydrogen-bond donors (Lipinski definition) is 3. The standard InChI is InChI=1S/C28H44F2N4O6/c1-26(2,3)21(33-25(39)40-5)24(38)34-15-14-28(11-6-7-12-28)16-19(34)22(36)32-18(10-13-27(4,29)30)20(35)23(37)31-17-8-9-17/h17-19,21H,6-16H2,1-5H3,(H,31,37)(H,32,36)(H,33,39)/t18-,19?,21+/m0/s1. The van der Waals surface area contributed by atoms with Crippen LogP contribution in [0.15, 0.2) is 0 Å². The quantitative estimate of drug-likeness (QED) is 0.346. The Kier molecular flexibility index (Phi) is 9.82. The van der Waals surface area contributed by atoms with Gasteiger partial charge in [-0.05, 0) is 62.7 Å². The molecule has 10 nitrogen and oxygen atoms in total. The number of halogens is 2. The third-order valence-corrected chi connectivity index (χ3v) is 8.34. The number of nitrogens with one attached hydrogen (secondary N) is 3. The zero-order valence-corrected chi connectivity index (χ0v) is 24.2. The van der Waals surface area contributed by atoms with Gasteiger partial charge in [-0.15, -0.1) is 0 Å². The zero-order chi connectivity index (χ0) is 29.9. The van der Waals surface area contributed by atoms with Crippen molar-refractivity contribution in [3.05, 3.63) is 0 Å². The van der Waals surface area contributed by atoms with E-state index in [2.05, 4.69) is 16.0 Å². The first-order valence-electron chi connectivity index (χ1n) is 14.2. The fraction of sp³-hybridized carbons (Fsp3) is 0.821. The minimum atomic E-state index is -3.10. The number of Topliss-reactive ketones (excluding diaryl/α,β-unsaturated/α-hetero) is 1. The Bertz CT molecular complexity index is 982. The van der Waals surface area contributed by atoms with E-state index >= 15 is 0 Å². The Morgan fingerprint density at radius 3 is 2.15 bits per heavy atom. The molecule has 3 rings (SSSR count). The van der Waals surface area contributed by atoms with Gasteiger partial charge in [-0.2, -0.15) is 0 Å². The summed E-state index contributed by atoms with van der Waals surface area (Å²) in [4.78, 5) is 66.7. The van der Waals surface area contributed by atoms with Crippen molar-refractivity contribution in [2.45, 2.75) is 122 Å². The summed E-state index contributed by atoms with van der Waals surface area (Å²) in [6.45, 7) is 6.32. The van der Waals surface area contributed by atoms with Gasteiger partial charge in [-0.1, -0.05) is 33.6 Å². The second-order valence-electron chi connectivity index (χ2n) is 12.9. The van der Waals surface area contributed by atoms with Crippen LogP contribution in [0.4, 0.5) is 13.6 Å². The molecule has 3 fully saturated rings. The van der Waals surface area contributed by atoms with Gasteiger partial charge >= 0.3 is 6.09 Å². The summed E-state index contributed by atoms with van der Waals surface area (Å²) in [5.74, 6) is -6.13. The van der Waals surface area contributed by atoms with Gasteiger partial charge in [-0.25, -0.2) is 13.6 Å². The van der Waals surface area contributed by atoms with Crippen LogP contribution in [-0.4, -0.2) is 78.2 Å². The lowest BCUT2D eigenvalue weighted by molar-refractivity contribution is -0.150. The molecule has 12 heteroatoms. The fourth-order valence-electron chi connectivity index (χ4n) is 5.78. The number of methoxy groups -OCH3 is 1. The highest BCUT2D eigenvalue weighted by Gasteiger charge is 2.49. The number of carbonyl (C=O) groups excluding carboxylic acids is 5. The van der Waals surface area contributed by atoms with Gasteiger partial charge in [0.05, 0.1) is 13.2 Å². The average molecular weight is 571 g/mol. The van der Waals surface area contributed by atoms with E-state index in [1.165, 1.54) is 12.0 Å². The molecule has 1 spiro atoms. The monoisotopic (exact) mass is 570 g/mol. The molecule has 3 atom stereocenters. The number of ether oxygens (including phenoxy) is 1. The van der Waals surface area contributed by atoms with E-state index in [4.69, 9.17) is 4.74 Å². The molecule has 1 saturated heterocycles. The van der Waals surface area contributed by atoms with E-state index in [9.17, 15) is 32.8 Å². The molecule has 1 unspecified atom stereocenters. The van der Waals surface area contributed by atoms with Crippen LogP contribution >= 0.6 is 0 Å². The topological polar surface area (TPSA) is 134 Å². The molecule has 0 radical (unpaired) electrons. The molecule has 1 aliphatic heterocycles. The molecule has 0 aromatic carbocycles. The molecule has 3 N–H and O–H groups in total. The van der Waals surface area contributed by atoms with Crippen molar-refractivity contribution in [2.24, 2.45) is 10.8 Å². The van der Waals surface area contributed by atoms with Gasteiger partial charge in [0.2, 0.25) is 23.5 Å². The first-order valence-corrected chi connectivity index (χ1v) is 14.2. The van der Waals surface area contributed by atoms with E-state index in [1.807, 2.05) is 0 Å². The maximum absolute atomic E-state index is 13.9. The maximum Gasteiger partial charge on any atom is 0.407 e. The number of hydrogen-bond acceptors (Lipinski definition) is 6. The molecular weight excluding hydrogens is 526 g/mol. The third kappa shape index (κ3) is 8.36. The molecule has 0 bridgehead atoms. The number of likely N-dealkylation sites (tertiary alicyclic amines) is 1. The fourth-order valence-corrected chi connectivity index (χ4v) is 5.78. The van der Waals surface area contributed by atoms with Gasteiger partial charge in [0.25, 0.3) is 5.91 Å². The van der Waals surface area contributed by atoms with Crippen LogP contribution in [-0.2, 0) is 23.9 Å². The molecule has 0 aromatic rings. The number of piperidine rings is 1. The summed E-state index contributed by atoms with van der Waals surface area (Å²) < 4.78 is 32.2. The summed E-state index contributed by atoms with van der Waals surface area (Å²) in [5.41, 5.74) is -0.869. The second-order valence-corrected chi connectivity index (χ2v) is 12.9. The van der Waals surface area contributed by atoms with Crippen LogP contribution in [0.3, 0.4) is 0 Å². The highest BCUT2D eigenvalue weighted by Crippen LogP contribution is 2.48. The number of rotatable bonds is 10. The minimum absolute atomic E-state index is 0.120. The Morgan fingerprint density at radius 2 is 1.62 bits per heavy atom. The van der Waals surface area contributed by atoms with E-state index in [0.717, 1.165) is 38.5 Å². The van der Waals surface area contributed by atoms with Crippen LogP contribution in [0.2, 0.25) is 0 Å². The van der Waals surface area contributed by atoms with E-state index in [0.29, 0.717) is 19.8 Å². The Morgan fingerprint density at radius 1 is 1.00 bits per heavy atom. The Hall–Kier alpha value is -2.79. The Balaban J connectivity index is 1.87. The van der Waals surface area contributed by atoms with Crippen LogP contribution in [0.5, 0.6) is 0 Å². The van der Waals surface area contributed by atoms with Crippen molar-refractivity contribution < 1.29 is 37.5 Å². The van der Waals surface area contributed by atoms with Gasteiger partial charge in [-0.3, -0.25) is 19.2 Å². The van der Waals surface area contributed by atoms with Crippen molar-refractivity contribution >= 4 is 29.6 Å². The van der Waals surface area contributed by atoms with Crippen LogP contribution in [0, 0.1) is 10.8 Å². The molecule has 4 amide bonds. The average Bonchev–Trinajstić information content (AvgIpc) is 3.58. The number of alkyl carbamates (subject to hydrolysis) is 1. The first kappa shape index (κ1) is 31.7. The summed E-state index contributed by atoms with van der Waals surface area (Å²) >= 11 is 0. The molecule has 1 heterocycles. The van der Waals surface area contributed by atoms with Gasteiger partial charge in [0.1, 0.15) is 12.1 Å². The highest BCUT2D eigenvalue weighted by atomic mass is 19.3. The highest BCUT2D eigenvalue weighted by molar-refractivity contribution is 6.38. The van der Waals surface area contributed by atoms with Crippen molar-refractivity contribution in [1.82, 2.24) is 20.9 Å². The number of ketones is 1. The van der Waals surface area contributed by atoms with Crippen molar-refractivity contribution in [1.29, 1.82) is 0 Å². The lowest BCUT2D eigenvalue weighted by Crippen LogP contribution is -2.63. The normalized spacial score (nSPS) is 22.3. The van der Waals surface area contributed by atoms with Gasteiger partial charge < -0.3 is 25.6 Å². The van der Waals surface area contributed by atoms with Crippen LogP contribution in [0.25, 0.3) is 0 Å². The van der Waals surface area contributed by atoms with E-state index in [1.54, 1.807) is 20.8 Å². The van der Waals surface area contributed by atoms with Gasteiger partial charge in [0.15, 0.2) is 0 Å². The molecular formula is C28H44F2N4O6. The molecule has 2 aliphatic carbocycles. The predicted molar refractivity (Wildman–Crippen MR) is 142 cm³/mol. The second kappa shape index (κ2) is 12.4. The van der Waals surface area contributed by atoms with Crippen molar-refractivity contribution in [2.75, 3.05) is 13.7 Å². The molecule has 3 aliphatic rings. The Labute approximate surface area is 234 Å². The largest absolute Gasteiger partial charge is 0.453 e. The number of carbonyl (C=O) groups is 5. The van der Waals surface area contributed by atoms with Crippen LogP contribution < -0.4 is 16.0 Å². The predicted octanol–water partition coefficient (Wildman–Crippen LogP) is 3.08. The number of nitrogens with zero attached hydrogens (tertiary/aromatic N) is 1. The molecule has 226 valence electrons. The van der Waals surface area contributed by atoms with E-state index in [-0.39, 0.29) is 18.0 Å². The smallest absolute Gasteiger partial charge is 0.407 e. The summed E-state index contributed by atoms with van der Waals surface area (Å²) in [7, 11) is 1.19. The van der Waals surface area contributed by atoms with Crippen molar-refractivity contribution in [3.8, 4) is 0 Å². The van der Waals surface area contributed by atoms with E-state index < -0.39 is 71.9 Å². The summed E-state index contributed by atoms with van der Waals surface area (Å²) in [6.07, 6.45) is 4.40. The first-order chi connectivity index (χ1) is 18.5. The van der Waals surface area contributed by atoms with Crippen LogP contribution in [0.1, 0.15) is 91.9 Å².